The van der Waals surface area contributed by atoms with Gasteiger partial charge in [0.1, 0.15) is 4.90 Å². The van der Waals surface area contributed by atoms with Crippen molar-refractivity contribution in [2.24, 2.45) is 5.92 Å². The topological polar surface area (TPSA) is 81.4 Å². The average molecular weight is 365 g/mol. The first kappa shape index (κ1) is 17.4. The van der Waals surface area contributed by atoms with Crippen LogP contribution < -0.4 is 10.5 Å². The van der Waals surface area contributed by atoms with Gasteiger partial charge in [-0.3, -0.25) is 0 Å². The second-order valence-corrected chi connectivity index (χ2v) is 7.55. The lowest BCUT2D eigenvalue weighted by Crippen LogP contribution is -2.26. The molecule has 0 radical (unpaired) electrons. The molecule has 0 saturated carbocycles. The number of hydrogen-bond acceptors (Lipinski definition) is 4. The first-order chi connectivity index (χ1) is 9.33. The largest absolute Gasteiger partial charge is 0.398 e. The summed E-state index contributed by atoms with van der Waals surface area (Å²) in [4.78, 5) is 0.0926. The van der Waals surface area contributed by atoms with Crippen molar-refractivity contribution >= 4 is 31.6 Å². The van der Waals surface area contributed by atoms with Gasteiger partial charge >= 0.3 is 0 Å². The molecule has 1 rings (SSSR count). The molecule has 3 N–H and O–H groups in total. The Kier molecular flexibility index (Phi) is 6.94. The Labute approximate surface area is 129 Å². The fourth-order valence-corrected chi connectivity index (χ4v) is 3.26. The second kappa shape index (κ2) is 7.97. The van der Waals surface area contributed by atoms with Crippen LogP contribution in [0.4, 0.5) is 5.69 Å². The van der Waals surface area contributed by atoms with E-state index in [2.05, 4.69) is 34.5 Å². The van der Waals surface area contributed by atoms with Crippen LogP contribution in [0.25, 0.3) is 0 Å². The van der Waals surface area contributed by atoms with E-state index in [1.54, 1.807) is 12.1 Å². The highest BCUT2D eigenvalue weighted by atomic mass is 79.9. The van der Waals surface area contributed by atoms with E-state index in [0.717, 1.165) is 0 Å². The van der Waals surface area contributed by atoms with Crippen LogP contribution in [0.5, 0.6) is 0 Å². The third-order valence-corrected chi connectivity index (χ3v) is 4.48. The van der Waals surface area contributed by atoms with Crippen molar-refractivity contribution in [3.8, 4) is 0 Å². The number of anilines is 1. The zero-order chi connectivity index (χ0) is 15.2. The minimum atomic E-state index is -3.58. The molecule has 0 heterocycles. The minimum Gasteiger partial charge on any atom is -0.398 e. The van der Waals surface area contributed by atoms with Crippen LogP contribution in [0.3, 0.4) is 0 Å². The molecule has 7 heteroatoms. The molecular formula is C13H21BrN2O3S. The number of rotatable bonds is 8. The van der Waals surface area contributed by atoms with E-state index < -0.39 is 10.0 Å². The summed E-state index contributed by atoms with van der Waals surface area (Å²) in [6.07, 6.45) is 0.625. The average Bonchev–Trinajstić information content (AvgIpc) is 2.36. The highest BCUT2D eigenvalue weighted by molar-refractivity contribution is 9.10. The summed E-state index contributed by atoms with van der Waals surface area (Å²) in [5, 5.41) is 0. The molecule has 0 saturated heterocycles. The molecule has 5 nitrogen and oxygen atoms in total. The Morgan fingerprint density at radius 1 is 1.40 bits per heavy atom. The lowest BCUT2D eigenvalue weighted by molar-refractivity contribution is 0.108. The first-order valence-electron chi connectivity index (χ1n) is 6.45. The van der Waals surface area contributed by atoms with E-state index >= 15 is 0 Å². The SMILES string of the molecule is CC(C)COCCCNS(=O)(=O)c1cc(Br)ccc1N. The van der Waals surface area contributed by atoms with Gasteiger partial charge in [0.25, 0.3) is 0 Å². The van der Waals surface area contributed by atoms with Gasteiger partial charge in [-0.25, -0.2) is 13.1 Å². The van der Waals surface area contributed by atoms with Gasteiger partial charge in [-0.05, 0) is 30.5 Å². The van der Waals surface area contributed by atoms with Gasteiger partial charge in [0.05, 0.1) is 5.69 Å². The number of sulfonamides is 1. The van der Waals surface area contributed by atoms with Gasteiger partial charge < -0.3 is 10.5 Å². The van der Waals surface area contributed by atoms with Crippen molar-refractivity contribution in [3.63, 3.8) is 0 Å². The molecule has 0 aliphatic heterocycles. The lowest BCUT2D eigenvalue weighted by atomic mass is 10.2. The Hall–Kier alpha value is -0.630. The van der Waals surface area contributed by atoms with Crippen LogP contribution in [0.15, 0.2) is 27.6 Å². The lowest BCUT2D eigenvalue weighted by Gasteiger charge is -2.10. The maximum Gasteiger partial charge on any atom is 0.242 e. The van der Waals surface area contributed by atoms with Crippen LogP contribution in [-0.2, 0) is 14.8 Å². The molecular weight excluding hydrogens is 344 g/mol. The minimum absolute atomic E-state index is 0.0926. The van der Waals surface area contributed by atoms with E-state index in [1.165, 1.54) is 6.07 Å². The Morgan fingerprint density at radius 2 is 2.10 bits per heavy atom. The molecule has 0 aromatic heterocycles. The molecule has 1 aromatic carbocycles. The van der Waals surface area contributed by atoms with E-state index in [9.17, 15) is 8.42 Å². The quantitative estimate of drug-likeness (QED) is 0.547. The van der Waals surface area contributed by atoms with E-state index in [1.807, 2.05) is 0 Å². The monoisotopic (exact) mass is 364 g/mol. The summed E-state index contributed by atoms with van der Waals surface area (Å²) >= 11 is 3.24. The summed E-state index contributed by atoms with van der Waals surface area (Å²) in [7, 11) is -3.58. The summed E-state index contributed by atoms with van der Waals surface area (Å²) in [6, 6.07) is 4.76. The molecule has 0 aliphatic rings. The normalized spacial score (nSPS) is 12.0. The molecule has 1 aromatic rings. The number of nitrogens with one attached hydrogen (secondary N) is 1. The molecule has 0 spiro atoms. The van der Waals surface area contributed by atoms with Crippen molar-refractivity contribution in [1.82, 2.24) is 4.72 Å². The zero-order valence-corrected chi connectivity index (χ0v) is 14.1. The molecule has 0 unspecified atom stereocenters. The molecule has 114 valence electrons. The third-order valence-electron chi connectivity index (χ3n) is 2.47. The summed E-state index contributed by atoms with van der Waals surface area (Å²) in [5.41, 5.74) is 5.93. The molecule has 0 bridgehead atoms. The van der Waals surface area contributed by atoms with Gasteiger partial charge in [0, 0.05) is 24.2 Å². The van der Waals surface area contributed by atoms with Crippen LogP contribution in [0, 0.1) is 5.92 Å². The van der Waals surface area contributed by atoms with Gasteiger partial charge in [-0.2, -0.15) is 0 Å². The van der Waals surface area contributed by atoms with E-state index in [0.29, 0.717) is 36.6 Å². The number of nitrogens with two attached hydrogens (primary N) is 1. The highest BCUT2D eigenvalue weighted by Crippen LogP contribution is 2.22. The predicted molar refractivity (Wildman–Crippen MR) is 84.0 cm³/mol. The van der Waals surface area contributed by atoms with Crippen LogP contribution >= 0.6 is 15.9 Å². The molecule has 0 amide bonds. The van der Waals surface area contributed by atoms with Crippen LogP contribution in [0.2, 0.25) is 0 Å². The molecule has 20 heavy (non-hydrogen) atoms. The van der Waals surface area contributed by atoms with Gasteiger partial charge in [-0.15, -0.1) is 0 Å². The number of hydrogen-bond donors (Lipinski definition) is 2. The zero-order valence-electron chi connectivity index (χ0n) is 11.7. The van der Waals surface area contributed by atoms with Crippen molar-refractivity contribution in [1.29, 1.82) is 0 Å². The van der Waals surface area contributed by atoms with Crippen LogP contribution in [0.1, 0.15) is 20.3 Å². The predicted octanol–water partition coefficient (Wildman–Crippen LogP) is 2.37. The van der Waals surface area contributed by atoms with Crippen LogP contribution in [-0.4, -0.2) is 28.2 Å². The van der Waals surface area contributed by atoms with Gasteiger partial charge in [0.2, 0.25) is 10.0 Å². The Morgan fingerprint density at radius 3 is 2.75 bits per heavy atom. The third kappa shape index (κ3) is 5.78. The molecule has 0 atom stereocenters. The molecule has 0 fully saturated rings. The second-order valence-electron chi connectivity index (χ2n) is 4.90. The Balaban J connectivity index is 2.48. The fraction of sp³-hybridized carbons (Fsp3) is 0.538. The standard InChI is InChI=1S/C13H21BrN2O3S/c1-10(2)9-19-7-3-6-16-20(17,18)13-8-11(14)4-5-12(13)15/h4-5,8,10,16H,3,6-7,9,15H2,1-2H3. The summed E-state index contributed by atoms with van der Waals surface area (Å²) in [6.45, 7) is 5.68. The van der Waals surface area contributed by atoms with Gasteiger partial charge in [0.15, 0.2) is 0 Å². The van der Waals surface area contributed by atoms with Crippen molar-refractivity contribution < 1.29 is 13.2 Å². The number of nitrogen functional groups attached to an aromatic ring is 1. The number of ether oxygens (including phenoxy) is 1. The Bertz CT molecular complexity index is 532. The maximum atomic E-state index is 12.1. The summed E-state index contributed by atoms with van der Waals surface area (Å²) < 4.78 is 32.8. The number of halogens is 1. The smallest absolute Gasteiger partial charge is 0.242 e. The highest BCUT2D eigenvalue weighted by Gasteiger charge is 2.17. The summed E-state index contributed by atoms with van der Waals surface area (Å²) in [5.74, 6) is 0.480. The number of benzene rings is 1. The maximum absolute atomic E-state index is 12.1. The fourth-order valence-electron chi connectivity index (χ4n) is 1.52. The van der Waals surface area contributed by atoms with Gasteiger partial charge in [-0.1, -0.05) is 29.8 Å². The van der Waals surface area contributed by atoms with E-state index in [4.69, 9.17) is 10.5 Å². The molecule has 0 aliphatic carbocycles. The van der Waals surface area contributed by atoms with Crippen molar-refractivity contribution in [3.05, 3.63) is 22.7 Å². The van der Waals surface area contributed by atoms with Crippen molar-refractivity contribution in [2.45, 2.75) is 25.2 Å². The van der Waals surface area contributed by atoms with E-state index in [-0.39, 0.29) is 10.6 Å². The first-order valence-corrected chi connectivity index (χ1v) is 8.73. The van der Waals surface area contributed by atoms with Crippen molar-refractivity contribution in [2.75, 3.05) is 25.5 Å².